The molecule has 4 nitrogen and oxygen atoms in total. The highest BCUT2D eigenvalue weighted by molar-refractivity contribution is 9.10. The van der Waals surface area contributed by atoms with Crippen LogP contribution in [-0.4, -0.2) is 39.5 Å². The van der Waals surface area contributed by atoms with Gasteiger partial charge in [0.15, 0.2) is 0 Å². The van der Waals surface area contributed by atoms with Gasteiger partial charge in [-0.3, -0.25) is 0 Å². The SMILES string of the molecule is CCN(CCOC)S(=O)(=O)c1ccc(Br)c(F)c1. The van der Waals surface area contributed by atoms with Crippen LogP contribution in [0.2, 0.25) is 0 Å². The Morgan fingerprint density at radius 3 is 2.61 bits per heavy atom. The average Bonchev–Trinajstić information content (AvgIpc) is 2.33. The van der Waals surface area contributed by atoms with Gasteiger partial charge in [-0.05, 0) is 34.1 Å². The molecule has 102 valence electrons. The maximum absolute atomic E-state index is 13.4. The maximum atomic E-state index is 13.4. The second kappa shape index (κ2) is 6.60. The van der Waals surface area contributed by atoms with E-state index in [0.717, 1.165) is 6.07 Å². The Bertz CT molecular complexity index is 507. The Kier molecular flexibility index (Phi) is 5.71. The molecule has 0 unspecified atom stereocenters. The molecule has 0 spiro atoms. The highest BCUT2D eigenvalue weighted by Crippen LogP contribution is 2.21. The van der Waals surface area contributed by atoms with Crippen molar-refractivity contribution in [3.05, 3.63) is 28.5 Å². The fraction of sp³-hybridized carbons (Fsp3) is 0.455. The van der Waals surface area contributed by atoms with Crippen LogP contribution in [0.25, 0.3) is 0 Å². The van der Waals surface area contributed by atoms with Gasteiger partial charge in [0.2, 0.25) is 10.0 Å². The number of likely N-dealkylation sites (N-methyl/N-ethyl adjacent to an activating group) is 1. The van der Waals surface area contributed by atoms with Crippen LogP contribution in [0.15, 0.2) is 27.6 Å². The average molecular weight is 340 g/mol. The highest BCUT2D eigenvalue weighted by atomic mass is 79.9. The van der Waals surface area contributed by atoms with Gasteiger partial charge < -0.3 is 4.74 Å². The van der Waals surface area contributed by atoms with E-state index in [9.17, 15) is 12.8 Å². The van der Waals surface area contributed by atoms with E-state index >= 15 is 0 Å². The summed E-state index contributed by atoms with van der Waals surface area (Å²) in [5, 5.41) is 0. The van der Waals surface area contributed by atoms with Crippen LogP contribution in [0.3, 0.4) is 0 Å². The number of benzene rings is 1. The fourth-order valence-corrected chi connectivity index (χ4v) is 3.12. The van der Waals surface area contributed by atoms with Crippen LogP contribution in [0.1, 0.15) is 6.92 Å². The van der Waals surface area contributed by atoms with E-state index in [-0.39, 0.29) is 15.9 Å². The molecular formula is C11H15BrFNO3S. The second-order valence-corrected chi connectivity index (χ2v) is 6.36. The van der Waals surface area contributed by atoms with Crippen LogP contribution in [0.4, 0.5) is 4.39 Å². The maximum Gasteiger partial charge on any atom is 0.243 e. The number of halogens is 2. The molecule has 18 heavy (non-hydrogen) atoms. The van der Waals surface area contributed by atoms with Gasteiger partial charge in [0.1, 0.15) is 5.82 Å². The molecule has 0 aromatic heterocycles. The largest absolute Gasteiger partial charge is 0.383 e. The number of hydrogen-bond donors (Lipinski definition) is 0. The smallest absolute Gasteiger partial charge is 0.243 e. The Balaban J connectivity index is 3.06. The van der Waals surface area contributed by atoms with Crippen molar-refractivity contribution >= 4 is 26.0 Å². The molecule has 7 heteroatoms. The minimum absolute atomic E-state index is 0.0545. The lowest BCUT2D eigenvalue weighted by Gasteiger charge is -2.20. The van der Waals surface area contributed by atoms with Crippen LogP contribution < -0.4 is 0 Å². The van der Waals surface area contributed by atoms with E-state index in [2.05, 4.69) is 15.9 Å². The van der Waals surface area contributed by atoms with E-state index in [1.54, 1.807) is 6.92 Å². The van der Waals surface area contributed by atoms with Gasteiger partial charge in [-0.25, -0.2) is 12.8 Å². The molecule has 0 aliphatic heterocycles. The first-order valence-electron chi connectivity index (χ1n) is 5.37. The van der Waals surface area contributed by atoms with Crippen LogP contribution in [0, 0.1) is 5.82 Å². The Hall–Kier alpha value is -0.500. The van der Waals surface area contributed by atoms with E-state index < -0.39 is 15.8 Å². The lowest BCUT2D eigenvalue weighted by Crippen LogP contribution is -2.33. The van der Waals surface area contributed by atoms with Gasteiger partial charge >= 0.3 is 0 Å². The number of sulfonamides is 1. The summed E-state index contributed by atoms with van der Waals surface area (Å²) in [5.74, 6) is -0.598. The minimum Gasteiger partial charge on any atom is -0.383 e. The molecule has 0 aliphatic carbocycles. The molecule has 0 saturated heterocycles. The van der Waals surface area contributed by atoms with Gasteiger partial charge in [-0.2, -0.15) is 4.31 Å². The van der Waals surface area contributed by atoms with E-state index in [1.807, 2.05) is 0 Å². The summed E-state index contributed by atoms with van der Waals surface area (Å²) in [6, 6.07) is 3.76. The molecular weight excluding hydrogens is 325 g/mol. The molecule has 1 aromatic rings. The van der Waals surface area contributed by atoms with Crippen LogP contribution in [0.5, 0.6) is 0 Å². The zero-order valence-corrected chi connectivity index (χ0v) is 12.6. The number of hydrogen-bond acceptors (Lipinski definition) is 3. The summed E-state index contributed by atoms with van der Waals surface area (Å²) in [5.41, 5.74) is 0. The van der Waals surface area contributed by atoms with E-state index in [4.69, 9.17) is 4.74 Å². The third-order valence-corrected chi connectivity index (χ3v) is 5.04. The molecule has 0 aliphatic rings. The third-order valence-electron chi connectivity index (χ3n) is 2.43. The van der Waals surface area contributed by atoms with Gasteiger partial charge in [-0.1, -0.05) is 6.92 Å². The number of nitrogens with zero attached hydrogens (tertiary/aromatic N) is 1. The van der Waals surface area contributed by atoms with Crippen molar-refractivity contribution in [2.24, 2.45) is 0 Å². The summed E-state index contributed by atoms with van der Waals surface area (Å²) < 4.78 is 44.2. The van der Waals surface area contributed by atoms with Gasteiger partial charge in [0.05, 0.1) is 16.0 Å². The molecule has 0 saturated carbocycles. The molecule has 1 rings (SSSR count). The van der Waals surface area contributed by atoms with Crippen LogP contribution >= 0.6 is 15.9 Å². The standard InChI is InChI=1S/C11H15BrFNO3S/c1-3-14(6-7-17-2)18(15,16)9-4-5-10(12)11(13)8-9/h4-5,8H,3,6-7H2,1-2H3. The van der Waals surface area contributed by atoms with Crippen molar-refractivity contribution in [2.45, 2.75) is 11.8 Å². The Morgan fingerprint density at radius 1 is 1.44 bits per heavy atom. The van der Waals surface area contributed by atoms with Crippen molar-refractivity contribution < 1.29 is 17.5 Å². The van der Waals surface area contributed by atoms with Gasteiger partial charge in [0.25, 0.3) is 0 Å². The van der Waals surface area contributed by atoms with Gasteiger partial charge in [0, 0.05) is 20.2 Å². The number of methoxy groups -OCH3 is 1. The zero-order valence-electron chi connectivity index (χ0n) is 10.2. The quantitative estimate of drug-likeness (QED) is 0.798. The van der Waals surface area contributed by atoms with Crippen LogP contribution in [-0.2, 0) is 14.8 Å². The first-order chi connectivity index (χ1) is 8.43. The highest BCUT2D eigenvalue weighted by Gasteiger charge is 2.23. The third kappa shape index (κ3) is 3.50. The monoisotopic (exact) mass is 339 g/mol. The first-order valence-corrected chi connectivity index (χ1v) is 7.61. The molecule has 0 radical (unpaired) electrons. The van der Waals surface area contributed by atoms with E-state index in [1.165, 1.54) is 23.5 Å². The molecule has 0 atom stereocenters. The molecule has 1 aromatic carbocycles. The van der Waals surface area contributed by atoms with Crippen molar-refractivity contribution in [1.29, 1.82) is 0 Å². The lowest BCUT2D eigenvalue weighted by molar-refractivity contribution is 0.180. The van der Waals surface area contributed by atoms with Crippen molar-refractivity contribution in [2.75, 3.05) is 26.8 Å². The normalized spacial score (nSPS) is 12.1. The number of rotatable bonds is 6. The minimum atomic E-state index is -3.67. The molecule has 0 amide bonds. The Morgan fingerprint density at radius 2 is 2.11 bits per heavy atom. The predicted octanol–water partition coefficient (Wildman–Crippen LogP) is 2.25. The molecule has 0 heterocycles. The molecule has 0 N–H and O–H groups in total. The second-order valence-electron chi connectivity index (χ2n) is 3.57. The summed E-state index contributed by atoms with van der Waals surface area (Å²) in [7, 11) is -2.17. The number of ether oxygens (including phenoxy) is 1. The summed E-state index contributed by atoms with van der Waals surface area (Å²) in [4.78, 5) is -0.0545. The lowest BCUT2D eigenvalue weighted by atomic mass is 10.3. The summed E-state index contributed by atoms with van der Waals surface area (Å²) >= 11 is 2.99. The topological polar surface area (TPSA) is 46.6 Å². The first kappa shape index (κ1) is 15.6. The van der Waals surface area contributed by atoms with Gasteiger partial charge in [-0.15, -0.1) is 0 Å². The predicted molar refractivity (Wildman–Crippen MR) is 70.4 cm³/mol. The molecule has 0 fully saturated rings. The van der Waals surface area contributed by atoms with Crippen molar-refractivity contribution in [3.8, 4) is 0 Å². The Labute approximate surface area is 115 Å². The zero-order chi connectivity index (χ0) is 13.8. The summed E-state index contributed by atoms with van der Waals surface area (Å²) in [6.45, 7) is 2.57. The molecule has 0 bridgehead atoms. The van der Waals surface area contributed by atoms with E-state index in [0.29, 0.717) is 13.2 Å². The van der Waals surface area contributed by atoms with Crippen molar-refractivity contribution in [3.63, 3.8) is 0 Å². The fourth-order valence-electron chi connectivity index (χ4n) is 1.43. The van der Waals surface area contributed by atoms with Crippen molar-refractivity contribution in [1.82, 2.24) is 4.31 Å². The summed E-state index contributed by atoms with van der Waals surface area (Å²) in [6.07, 6.45) is 0.